The molecule has 2 rings (SSSR count). The highest BCUT2D eigenvalue weighted by Gasteiger charge is 2.27. The van der Waals surface area contributed by atoms with Gasteiger partial charge in [0.1, 0.15) is 0 Å². The summed E-state index contributed by atoms with van der Waals surface area (Å²) in [6, 6.07) is 0.832. The summed E-state index contributed by atoms with van der Waals surface area (Å²) >= 11 is 0. The first kappa shape index (κ1) is 24.2. The van der Waals surface area contributed by atoms with Crippen LogP contribution >= 0.6 is 0 Å². The van der Waals surface area contributed by atoms with Crippen molar-refractivity contribution in [2.45, 2.75) is 135 Å². The molecule has 2 aliphatic carbocycles. The molecule has 0 unspecified atom stereocenters. The van der Waals surface area contributed by atoms with Crippen molar-refractivity contribution in [2.24, 2.45) is 11.8 Å². The first-order valence-corrected chi connectivity index (χ1v) is 12.7. The number of carbonyl (C=O) groups excluding carboxylic acids is 2. The van der Waals surface area contributed by atoms with E-state index < -0.39 is 0 Å². The Kier molecular flexibility index (Phi) is 11.7. The van der Waals surface area contributed by atoms with Crippen molar-refractivity contribution in [3.05, 3.63) is 0 Å². The van der Waals surface area contributed by atoms with Crippen LogP contribution in [0.5, 0.6) is 0 Å². The van der Waals surface area contributed by atoms with E-state index in [4.69, 9.17) is 0 Å². The Morgan fingerprint density at radius 2 is 1.00 bits per heavy atom. The molecule has 0 aromatic rings. The minimum absolute atomic E-state index is 0.261. The number of hydrogen-bond acceptors (Lipinski definition) is 2. The van der Waals surface area contributed by atoms with Gasteiger partial charge in [-0.2, -0.15) is 0 Å². The Morgan fingerprint density at radius 3 is 1.34 bits per heavy atom. The lowest BCUT2D eigenvalue weighted by Gasteiger charge is -2.34. The molecule has 0 atom stereocenters. The number of nitrogens with one attached hydrogen (secondary N) is 2. The van der Waals surface area contributed by atoms with Gasteiger partial charge in [0.2, 0.25) is 11.8 Å². The predicted octanol–water partition coefficient (Wildman–Crippen LogP) is 5.89. The quantitative estimate of drug-likeness (QED) is 0.397. The van der Waals surface area contributed by atoms with Crippen molar-refractivity contribution < 1.29 is 9.59 Å². The molecule has 0 aromatic carbocycles. The lowest BCUT2D eigenvalue weighted by Crippen LogP contribution is -2.39. The third-order valence-electron chi connectivity index (χ3n) is 7.11. The van der Waals surface area contributed by atoms with E-state index in [0.29, 0.717) is 24.9 Å². The van der Waals surface area contributed by atoms with Crippen molar-refractivity contribution in [1.82, 2.24) is 10.6 Å². The second-order valence-corrected chi connectivity index (χ2v) is 9.72. The smallest absolute Gasteiger partial charge is 0.220 e. The Bertz CT molecular complexity index is 421. The van der Waals surface area contributed by atoms with Crippen molar-refractivity contribution >= 4 is 11.8 Å². The number of rotatable bonds is 12. The lowest BCUT2D eigenvalue weighted by molar-refractivity contribution is -0.123. The maximum atomic E-state index is 12.0. The number of unbranched alkanes of at least 4 members (excludes halogenated alkanes) is 4. The maximum absolute atomic E-state index is 12.0. The van der Waals surface area contributed by atoms with E-state index in [1.165, 1.54) is 44.9 Å². The van der Waals surface area contributed by atoms with Crippen molar-refractivity contribution in [2.75, 3.05) is 0 Å². The number of carbonyl (C=O) groups is 2. The number of hydrogen-bond donors (Lipinski definition) is 2. The van der Waals surface area contributed by atoms with Crippen LogP contribution in [0.3, 0.4) is 0 Å². The summed E-state index contributed by atoms with van der Waals surface area (Å²) in [6.07, 6.45) is 19.2. The fourth-order valence-electron chi connectivity index (χ4n) is 5.23. The zero-order chi connectivity index (χ0) is 20.9. The molecule has 4 heteroatoms. The lowest BCUT2D eigenvalue weighted by atomic mass is 9.75. The molecule has 2 N–H and O–H groups in total. The SMILES string of the molecule is CCCCCC(=O)NC1CCC(CC2CCC(NC(=O)CCCCC)CC2)CC1. The Hall–Kier alpha value is -1.06. The van der Waals surface area contributed by atoms with Gasteiger partial charge < -0.3 is 10.6 Å². The molecule has 0 spiro atoms. The van der Waals surface area contributed by atoms with Crippen LogP contribution in [0.1, 0.15) is 123 Å². The minimum Gasteiger partial charge on any atom is -0.353 e. The third kappa shape index (κ3) is 10.00. The predicted molar refractivity (Wildman–Crippen MR) is 121 cm³/mol. The fourth-order valence-corrected chi connectivity index (χ4v) is 5.23. The van der Waals surface area contributed by atoms with Crippen LogP contribution in [0.4, 0.5) is 0 Å². The summed E-state index contributed by atoms with van der Waals surface area (Å²) in [5.41, 5.74) is 0. The molecule has 0 aromatic heterocycles. The van der Waals surface area contributed by atoms with Crippen LogP contribution < -0.4 is 10.6 Å². The van der Waals surface area contributed by atoms with Crippen molar-refractivity contribution in [1.29, 1.82) is 0 Å². The first-order valence-electron chi connectivity index (χ1n) is 12.7. The summed E-state index contributed by atoms with van der Waals surface area (Å²) < 4.78 is 0. The average Bonchev–Trinajstić information content (AvgIpc) is 2.71. The molecule has 29 heavy (non-hydrogen) atoms. The van der Waals surface area contributed by atoms with Crippen molar-refractivity contribution in [3.63, 3.8) is 0 Å². The monoisotopic (exact) mass is 406 g/mol. The molecule has 2 aliphatic rings. The molecule has 0 saturated heterocycles. The third-order valence-corrected chi connectivity index (χ3v) is 7.11. The van der Waals surface area contributed by atoms with E-state index >= 15 is 0 Å². The summed E-state index contributed by atoms with van der Waals surface area (Å²) in [6.45, 7) is 4.35. The molecular weight excluding hydrogens is 360 g/mol. The van der Waals surface area contributed by atoms with Gasteiger partial charge in [-0.3, -0.25) is 9.59 Å². The van der Waals surface area contributed by atoms with E-state index in [1.54, 1.807) is 0 Å². The summed E-state index contributed by atoms with van der Waals surface area (Å²) in [5, 5.41) is 6.53. The maximum Gasteiger partial charge on any atom is 0.220 e. The normalized spacial score (nSPS) is 27.4. The Balaban J connectivity index is 1.55. The van der Waals surface area contributed by atoms with Gasteiger partial charge in [-0.05, 0) is 82.5 Å². The topological polar surface area (TPSA) is 58.2 Å². The van der Waals surface area contributed by atoms with Gasteiger partial charge >= 0.3 is 0 Å². The van der Waals surface area contributed by atoms with Gasteiger partial charge in [-0.1, -0.05) is 39.5 Å². The summed E-state index contributed by atoms with van der Waals surface area (Å²) in [5.74, 6) is 2.20. The van der Waals surface area contributed by atoms with E-state index in [1.807, 2.05) is 0 Å². The van der Waals surface area contributed by atoms with Crippen LogP contribution in [0.15, 0.2) is 0 Å². The highest BCUT2D eigenvalue weighted by Crippen LogP contribution is 2.35. The second kappa shape index (κ2) is 14.0. The highest BCUT2D eigenvalue weighted by molar-refractivity contribution is 5.76. The van der Waals surface area contributed by atoms with Crippen LogP contribution in [-0.4, -0.2) is 23.9 Å². The summed E-state index contributed by atoms with van der Waals surface area (Å²) in [7, 11) is 0. The molecule has 2 amide bonds. The second-order valence-electron chi connectivity index (χ2n) is 9.72. The molecule has 0 radical (unpaired) electrons. The van der Waals surface area contributed by atoms with E-state index in [2.05, 4.69) is 24.5 Å². The van der Waals surface area contributed by atoms with Crippen LogP contribution in [0.2, 0.25) is 0 Å². The molecule has 4 nitrogen and oxygen atoms in total. The van der Waals surface area contributed by atoms with Crippen LogP contribution in [0.25, 0.3) is 0 Å². The van der Waals surface area contributed by atoms with Crippen LogP contribution in [0, 0.1) is 11.8 Å². The van der Waals surface area contributed by atoms with E-state index in [0.717, 1.165) is 63.2 Å². The van der Waals surface area contributed by atoms with E-state index in [9.17, 15) is 9.59 Å². The number of amides is 2. The van der Waals surface area contributed by atoms with Gasteiger partial charge in [0.15, 0.2) is 0 Å². The highest BCUT2D eigenvalue weighted by atomic mass is 16.2. The van der Waals surface area contributed by atoms with Gasteiger partial charge in [0.05, 0.1) is 0 Å². The zero-order valence-electron chi connectivity index (χ0n) is 19.1. The molecule has 0 bridgehead atoms. The molecule has 0 heterocycles. The average molecular weight is 407 g/mol. The summed E-state index contributed by atoms with van der Waals surface area (Å²) in [4.78, 5) is 24.0. The first-order chi connectivity index (χ1) is 14.1. The van der Waals surface area contributed by atoms with Gasteiger partial charge in [-0.15, -0.1) is 0 Å². The van der Waals surface area contributed by atoms with Crippen LogP contribution in [-0.2, 0) is 9.59 Å². The van der Waals surface area contributed by atoms with Gasteiger partial charge in [0.25, 0.3) is 0 Å². The van der Waals surface area contributed by atoms with Crippen molar-refractivity contribution in [3.8, 4) is 0 Å². The van der Waals surface area contributed by atoms with E-state index in [-0.39, 0.29) is 11.8 Å². The van der Waals surface area contributed by atoms with Gasteiger partial charge in [-0.25, -0.2) is 0 Å². The molecular formula is C25H46N2O2. The zero-order valence-corrected chi connectivity index (χ0v) is 19.1. The molecule has 168 valence electrons. The minimum atomic E-state index is 0.261. The largest absolute Gasteiger partial charge is 0.353 e. The standard InChI is InChI=1S/C25H46N2O2/c1-3-5-7-9-24(28)26-22-15-11-20(12-16-22)19-21-13-17-23(18-14-21)27-25(29)10-8-6-4-2/h20-23H,3-19H2,1-2H3,(H,26,28)(H,27,29). The Labute approximate surface area is 179 Å². The molecule has 0 aliphatic heterocycles. The molecule has 2 saturated carbocycles. The fraction of sp³-hybridized carbons (Fsp3) is 0.920. The Morgan fingerprint density at radius 1 is 0.621 bits per heavy atom. The van der Waals surface area contributed by atoms with Gasteiger partial charge in [0, 0.05) is 24.9 Å². The molecule has 2 fully saturated rings.